The van der Waals surface area contributed by atoms with Crippen LogP contribution in [0.25, 0.3) is 10.6 Å². The van der Waals surface area contributed by atoms with Crippen molar-refractivity contribution >= 4 is 11.3 Å². The third-order valence-electron chi connectivity index (χ3n) is 3.63. The van der Waals surface area contributed by atoms with Crippen LogP contribution in [0.1, 0.15) is 29.7 Å². The lowest BCUT2D eigenvalue weighted by molar-refractivity contribution is 0.575. The molecular weight excluding hydrogens is 278 g/mol. The Morgan fingerprint density at radius 2 is 2.19 bits per heavy atom. The number of nitrogens with zero attached hydrogens (tertiary/aromatic N) is 1. The fourth-order valence-electron chi connectivity index (χ4n) is 2.40. The number of H-pyrrole nitrogens is 1. The number of hydrogen-bond donors (Lipinski definition) is 2. The number of nitrogens with one attached hydrogen (secondary N) is 2. The maximum absolute atomic E-state index is 4.18. The minimum atomic E-state index is 0.316. The van der Waals surface area contributed by atoms with Gasteiger partial charge in [-0.3, -0.25) is 5.10 Å². The molecule has 2 heterocycles. The highest BCUT2D eigenvalue weighted by Crippen LogP contribution is 2.26. The van der Waals surface area contributed by atoms with E-state index in [0.29, 0.717) is 6.04 Å². The molecule has 2 aromatic heterocycles. The van der Waals surface area contributed by atoms with E-state index in [0.717, 1.165) is 12.2 Å². The summed E-state index contributed by atoms with van der Waals surface area (Å²) in [6.45, 7) is 5.12. The van der Waals surface area contributed by atoms with Gasteiger partial charge in [-0.1, -0.05) is 35.9 Å². The summed E-state index contributed by atoms with van der Waals surface area (Å²) >= 11 is 1.73. The van der Waals surface area contributed by atoms with Gasteiger partial charge >= 0.3 is 0 Å². The monoisotopic (exact) mass is 297 g/mol. The molecule has 2 N–H and O–H groups in total. The molecule has 4 heteroatoms. The summed E-state index contributed by atoms with van der Waals surface area (Å²) < 4.78 is 0. The number of aryl methyl sites for hydroxylation is 1. The van der Waals surface area contributed by atoms with Gasteiger partial charge in [0.15, 0.2) is 0 Å². The maximum Gasteiger partial charge on any atom is 0.0794 e. The van der Waals surface area contributed by atoms with Crippen molar-refractivity contribution in [1.29, 1.82) is 0 Å². The Morgan fingerprint density at radius 3 is 2.95 bits per heavy atom. The Morgan fingerprint density at radius 1 is 1.29 bits per heavy atom. The van der Waals surface area contributed by atoms with Gasteiger partial charge in [0.05, 0.1) is 16.8 Å². The minimum absolute atomic E-state index is 0.316. The van der Waals surface area contributed by atoms with Crippen LogP contribution in [-0.4, -0.2) is 10.2 Å². The zero-order chi connectivity index (χ0) is 14.7. The lowest BCUT2D eigenvalue weighted by Crippen LogP contribution is -2.18. The molecule has 1 aromatic carbocycles. The van der Waals surface area contributed by atoms with E-state index in [4.69, 9.17) is 0 Å². The van der Waals surface area contributed by atoms with E-state index in [1.165, 1.54) is 21.6 Å². The first kappa shape index (κ1) is 14.0. The van der Waals surface area contributed by atoms with Gasteiger partial charge in [-0.15, -0.1) is 11.3 Å². The van der Waals surface area contributed by atoms with Crippen molar-refractivity contribution in [3.05, 3.63) is 64.7 Å². The van der Waals surface area contributed by atoms with Gasteiger partial charge in [-0.2, -0.15) is 5.10 Å². The number of hydrogen-bond acceptors (Lipinski definition) is 3. The molecule has 3 aromatic rings. The van der Waals surface area contributed by atoms with Gasteiger partial charge < -0.3 is 5.32 Å². The molecule has 0 saturated carbocycles. The zero-order valence-corrected chi connectivity index (χ0v) is 13.1. The summed E-state index contributed by atoms with van der Waals surface area (Å²) in [5.74, 6) is 0. The van der Waals surface area contributed by atoms with Gasteiger partial charge in [0.2, 0.25) is 0 Å². The van der Waals surface area contributed by atoms with Gasteiger partial charge in [-0.25, -0.2) is 0 Å². The lowest BCUT2D eigenvalue weighted by Gasteiger charge is -2.14. The molecule has 0 fully saturated rings. The van der Waals surface area contributed by atoms with E-state index in [-0.39, 0.29) is 0 Å². The molecule has 0 unspecified atom stereocenters. The fourth-order valence-corrected chi connectivity index (χ4v) is 3.16. The Bertz CT molecular complexity index is 700. The molecule has 3 nitrogen and oxygen atoms in total. The molecule has 0 radical (unpaired) electrons. The second-order valence-electron chi connectivity index (χ2n) is 5.26. The van der Waals surface area contributed by atoms with Crippen molar-refractivity contribution < 1.29 is 0 Å². The number of thiophene rings is 1. The molecule has 1 atom stereocenters. The van der Waals surface area contributed by atoms with Crippen LogP contribution in [0.4, 0.5) is 0 Å². The molecule has 0 amide bonds. The molecule has 0 aliphatic heterocycles. The van der Waals surface area contributed by atoms with Gasteiger partial charge in [0.25, 0.3) is 0 Å². The van der Waals surface area contributed by atoms with Crippen LogP contribution in [0.5, 0.6) is 0 Å². The predicted molar refractivity (Wildman–Crippen MR) is 88.3 cm³/mol. The van der Waals surface area contributed by atoms with Crippen LogP contribution in [0.2, 0.25) is 0 Å². The first-order valence-electron chi connectivity index (χ1n) is 7.10. The quantitative estimate of drug-likeness (QED) is 0.737. The summed E-state index contributed by atoms with van der Waals surface area (Å²) in [5, 5.41) is 12.9. The highest BCUT2D eigenvalue weighted by atomic mass is 32.1. The minimum Gasteiger partial charge on any atom is -0.306 e. The molecule has 0 aliphatic rings. The van der Waals surface area contributed by atoms with E-state index in [1.807, 2.05) is 6.20 Å². The standard InChI is InChI=1S/C17H19N3S/c1-12-5-3-6-14(9-12)13(2)18-10-15-11-19-20-17(15)16-7-4-8-21-16/h3-9,11,13,18H,10H2,1-2H3,(H,19,20)/t13-/m0/s1. The van der Waals surface area contributed by atoms with Crippen LogP contribution in [0.15, 0.2) is 48.0 Å². The van der Waals surface area contributed by atoms with Gasteiger partial charge in [-0.05, 0) is 30.9 Å². The molecule has 0 spiro atoms. The van der Waals surface area contributed by atoms with E-state index in [2.05, 4.69) is 71.1 Å². The SMILES string of the molecule is Cc1cccc([C@H](C)NCc2cn[nH]c2-c2cccs2)c1. The van der Waals surface area contributed by atoms with Crippen LogP contribution in [-0.2, 0) is 6.54 Å². The summed E-state index contributed by atoms with van der Waals surface area (Å²) in [5.41, 5.74) is 4.94. The van der Waals surface area contributed by atoms with Crippen molar-refractivity contribution in [2.24, 2.45) is 0 Å². The highest BCUT2D eigenvalue weighted by molar-refractivity contribution is 7.13. The van der Waals surface area contributed by atoms with Gasteiger partial charge in [0, 0.05) is 18.2 Å². The second-order valence-corrected chi connectivity index (χ2v) is 6.21. The molecule has 0 bridgehead atoms. The lowest BCUT2D eigenvalue weighted by atomic mass is 10.1. The van der Waals surface area contributed by atoms with Crippen LogP contribution < -0.4 is 5.32 Å². The fraction of sp³-hybridized carbons (Fsp3) is 0.235. The molecule has 0 saturated heterocycles. The topological polar surface area (TPSA) is 40.7 Å². The largest absolute Gasteiger partial charge is 0.306 e. The van der Waals surface area contributed by atoms with Crippen molar-refractivity contribution in [2.45, 2.75) is 26.4 Å². The molecule has 3 rings (SSSR count). The summed E-state index contributed by atoms with van der Waals surface area (Å²) in [7, 11) is 0. The molecular formula is C17H19N3S. The Balaban J connectivity index is 1.70. The number of rotatable bonds is 5. The van der Waals surface area contributed by atoms with E-state index in [9.17, 15) is 0 Å². The average molecular weight is 297 g/mol. The normalized spacial score (nSPS) is 12.5. The van der Waals surface area contributed by atoms with Crippen LogP contribution in [0.3, 0.4) is 0 Å². The summed E-state index contributed by atoms with van der Waals surface area (Å²) in [4.78, 5) is 1.23. The first-order chi connectivity index (χ1) is 10.2. The molecule has 108 valence electrons. The predicted octanol–water partition coefficient (Wildman–Crippen LogP) is 4.30. The summed E-state index contributed by atoms with van der Waals surface area (Å²) in [6.07, 6.45) is 1.91. The first-order valence-corrected chi connectivity index (χ1v) is 7.98. The van der Waals surface area contributed by atoms with Gasteiger partial charge in [0.1, 0.15) is 0 Å². The Hall–Kier alpha value is -1.91. The van der Waals surface area contributed by atoms with Crippen molar-refractivity contribution in [3.63, 3.8) is 0 Å². The Labute approximate surface area is 129 Å². The molecule has 0 aliphatic carbocycles. The third kappa shape index (κ3) is 3.23. The van der Waals surface area contributed by atoms with Crippen molar-refractivity contribution in [3.8, 4) is 10.6 Å². The maximum atomic E-state index is 4.18. The zero-order valence-electron chi connectivity index (χ0n) is 12.3. The number of aromatic amines is 1. The van der Waals surface area contributed by atoms with E-state index < -0.39 is 0 Å². The summed E-state index contributed by atoms with van der Waals surface area (Å²) in [6, 6.07) is 13.1. The van der Waals surface area contributed by atoms with Crippen LogP contribution in [0, 0.1) is 6.92 Å². The van der Waals surface area contributed by atoms with E-state index in [1.54, 1.807) is 11.3 Å². The number of benzene rings is 1. The smallest absolute Gasteiger partial charge is 0.0794 e. The van der Waals surface area contributed by atoms with E-state index >= 15 is 0 Å². The average Bonchev–Trinajstić information content (AvgIpc) is 3.15. The second kappa shape index (κ2) is 6.24. The molecule has 21 heavy (non-hydrogen) atoms. The van der Waals surface area contributed by atoms with Crippen molar-refractivity contribution in [2.75, 3.05) is 0 Å². The Kier molecular flexibility index (Phi) is 4.18. The highest BCUT2D eigenvalue weighted by Gasteiger charge is 2.10. The van der Waals surface area contributed by atoms with Crippen molar-refractivity contribution in [1.82, 2.24) is 15.5 Å². The third-order valence-corrected chi connectivity index (χ3v) is 4.51. The van der Waals surface area contributed by atoms with Crippen LogP contribution >= 0.6 is 11.3 Å². The number of aromatic nitrogens is 2.